The Labute approximate surface area is 107 Å². The molecular weight excluding hydrogens is 236 g/mol. The lowest BCUT2D eigenvalue weighted by Gasteiger charge is -2.07. The van der Waals surface area contributed by atoms with Gasteiger partial charge in [-0.05, 0) is 12.3 Å². The Balaban J connectivity index is 3.53. The molecule has 104 valence electrons. The number of carbonyl (C=O) groups excluding carboxylic acids is 2. The molecule has 3 amide bonds. The van der Waals surface area contributed by atoms with Gasteiger partial charge >= 0.3 is 12.0 Å². The van der Waals surface area contributed by atoms with E-state index in [1.807, 2.05) is 0 Å². The third kappa shape index (κ3) is 10.9. The predicted octanol–water partition coefficient (Wildman–Crippen LogP) is 1.50. The molecule has 0 atom stereocenters. The van der Waals surface area contributed by atoms with Crippen molar-refractivity contribution in [2.24, 2.45) is 5.92 Å². The van der Waals surface area contributed by atoms with Crippen molar-refractivity contribution in [3.63, 3.8) is 0 Å². The molecule has 0 radical (unpaired) electrons. The molecule has 18 heavy (non-hydrogen) atoms. The fourth-order valence-corrected chi connectivity index (χ4v) is 1.33. The zero-order valence-corrected chi connectivity index (χ0v) is 11.0. The molecule has 0 bridgehead atoms. The number of unbranched alkanes of at least 4 members (excludes halogenated alkanes) is 1. The van der Waals surface area contributed by atoms with E-state index in [9.17, 15) is 14.4 Å². The maximum absolute atomic E-state index is 11.2. The van der Waals surface area contributed by atoms with Crippen molar-refractivity contribution in [1.29, 1.82) is 0 Å². The minimum absolute atomic E-state index is 0.184. The average Bonchev–Trinajstić information content (AvgIpc) is 2.25. The van der Waals surface area contributed by atoms with Crippen molar-refractivity contribution >= 4 is 17.9 Å². The fraction of sp³-hybridized carbons (Fsp3) is 0.750. The van der Waals surface area contributed by atoms with Crippen LogP contribution in [0.1, 0.15) is 46.0 Å². The zero-order chi connectivity index (χ0) is 14.0. The Kier molecular flexibility index (Phi) is 8.61. The van der Waals surface area contributed by atoms with Gasteiger partial charge in [-0.3, -0.25) is 14.9 Å². The summed E-state index contributed by atoms with van der Waals surface area (Å²) < 4.78 is 0. The van der Waals surface area contributed by atoms with Gasteiger partial charge in [0.25, 0.3) is 0 Å². The molecule has 0 fully saturated rings. The van der Waals surface area contributed by atoms with Crippen molar-refractivity contribution in [2.45, 2.75) is 46.0 Å². The summed E-state index contributed by atoms with van der Waals surface area (Å²) in [6, 6.07) is -0.560. The first-order chi connectivity index (χ1) is 8.41. The van der Waals surface area contributed by atoms with E-state index in [2.05, 4.69) is 24.5 Å². The number of amides is 3. The highest BCUT2D eigenvalue weighted by atomic mass is 16.4. The van der Waals surface area contributed by atoms with Crippen LogP contribution in [0.3, 0.4) is 0 Å². The maximum Gasteiger partial charge on any atom is 0.321 e. The van der Waals surface area contributed by atoms with Crippen LogP contribution in [0.15, 0.2) is 0 Å². The lowest BCUT2D eigenvalue weighted by molar-refractivity contribution is -0.138. The van der Waals surface area contributed by atoms with Crippen molar-refractivity contribution in [1.82, 2.24) is 10.6 Å². The summed E-state index contributed by atoms with van der Waals surface area (Å²) in [5.74, 6) is -0.979. The Morgan fingerprint density at radius 2 is 1.78 bits per heavy atom. The minimum Gasteiger partial charge on any atom is -0.481 e. The van der Waals surface area contributed by atoms with Gasteiger partial charge < -0.3 is 10.4 Å². The van der Waals surface area contributed by atoms with Crippen LogP contribution in [0.2, 0.25) is 0 Å². The van der Waals surface area contributed by atoms with Gasteiger partial charge in [0, 0.05) is 13.0 Å². The number of aliphatic carboxylic acids is 1. The SMILES string of the molecule is CC(C)CCCCNC(=O)NC(=O)CCC(=O)O. The average molecular weight is 258 g/mol. The smallest absolute Gasteiger partial charge is 0.321 e. The Morgan fingerprint density at radius 1 is 1.11 bits per heavy atom. The van der Waals surface area contributed by atoms with Crippen LogP contribution in [-0.4, -0.2) is 29.6 Å². The van der Waals surface area contributed by atoms with Crippen LogP contribution >= 0.6 is 0 Å². The van der Waals surface area contributed by atoms with E-state index in [-0.39, 0.29) is 12.8 Å². The standard InChI is InChI=1S/C12H22N2O4/c1-9(2)5-3-4-8-13-12(18)14-10(15)6-7-11(16)17/h9H,3-8H2,1-2H3,(H,16,17)(H2,13,14,15,18). The Bertz CT molecular complexity index is 290. The number of carboxylic acids is 1. The van der Waals surface area contributed by atoms with E-state index < -0.39 is 17.9 Å². The number of imide groups is 1. The number of carboxylic acid groups (broad SMARTS) is 1. The molecule has 3 N–H and O–H groups in total. The first kappa shape index (κ1) is 16.4. The lowest BCUT2D eigenvalue weighted by Crippen LogP contribution is -2.39. The molecule has 0 rings (SSSR count). The lowest BCUT2D eigenvalue weighted by atomic mass is 10.1. The molecule has 0 spiro atoms. The molecule has 0 aromatic rings. The van der Waals surface area contributed by atoms with Gasteiger partial charge in [0.1, 0.15) is 0 Å². The summed E-state index contributed by atoms with van der Waals surface area (Å²) in [4.78, 5) is 32.5. The Hall–Kier alpha value is -1.59. The first-order valence-electron chi connectivity index (χ1n) is 6.21. The van der Waals surface area contributed by atoms with Gasteiger partial charge in [0.15, 0.2) is 0 Å². The van der Waals surface area contributed by atoms with E-state index in [0.717, 1.165) is 19.3 Å². The quantitative estimate of drug-likeness (QED) is 0.575. The molecule has 6 nitrogen and oxygen atoms in total. The molecule has 0 heterocycles. The summed E-state index contributed by atoms with van der Waals surface area (Å²) in [5, 5.41) is 13.0. The second-order valence-corrected chi connectivity index (χ2v) is 4.59. The van der Waals surface area contributed by atoms with Crippen LogP contribution in [-0.2, 0) is 9.59 Å². The molecule has 0 unspecified atom stereocenters. The second kappa shape index (κ2) is 9.44. The van der Waals surface area contributed by atoms with Gasteiger partial charge in [0.05, 0.1) is 6.42 Å². The highest BCUT2D eigenvalue weighted by Gasteiger charge is 2.08. The summed E-state index contributed by atoms with van der Waals surface area (Å²) in [7, 11) is 0. The predicted molar refractivity (Wildman–Crippen MR) is 67.1 cm³/mol. The third-order valence-electron chi connectivity index (χ3n) is 2.31. The van der Waals surface area contributed by atoms with Crippen molar-refractivity contribution in [2.75, 3.05) is 6.54 Å². The van der Waals surface area contributed by atoms with E-state index >= 15 is 0 Å². The van der Waals surface area contributed by atoms with Gasteiger partial charge in [-0.1, -0.05) is 26.7 Å². The summed E-state index contributed by atoms with van der Waals surface area (Å²) in [5.41, 5.74) is 0. The van der Waals surface area contributed by atoms with Crippen LogP contribution < -0.4 is 10.6 Å². The highest BCUT2D eigenvalue weighted by Crippen LogP contribution is 2.04. The van der Waals surface area contributed by atoms with E-state index in [1.165, 1.54) is 0 Å². The molecule has 6 heteroatoms. The van der Waals surface area contributed by atoms with Gasteiger partial charge in [-0.25, -0.2) is 4.79 Å². The van der Waals surface area contributed by atoms with Crippen LogP contribution in [0.4, 0.5) is 4.79 Å². The van der Waals surface area contributed by atoms with Gasteiger partial charge in [0.2, 0.25) is 5.91 Å². The maximum atomic E-state index is 11.2. The van der Waals surface area contributed by atoms with Crippen LogP contribution in [0.25, 0.3) is 0 Å². The van der Waals surface area contributed by atoms with E-state index in [1.54, 1.807) is 0 Å². The zero-order valence-electron chi connectivity index (χ0n) is 11.0. The number of nitrogens with one attached hydrogen (secondary N) is 2. The minimum atomic E-state index is -1.06. The number of rotatable bonds is 8. The van der Waals surface area contributed by atoms with Crippen molar-refractivity contribution in [3.8, 4) is 0 Å². The second-order valence-electron chi connectivity index (χ2n) is 4.59. The van der Waals surface area contributed by atoms with E-state index in [0.29, 0.717) is 12.5 Å². The Morgan fingerprint density at radius 3 is 2.33 bits per heavy atom. The molecular formula is C12H22N2O4. The number of hydrogen-bond donors (Lipinski definition) is 3. The molecule has 0 aromatic heterocycles. The van der Waals surface area contributed by atoms with E-state index in [4.69, 9.17) is 5.11 Å². The molecule has 0 aromatic carbocycles. The van der Waals surface area contributed by atoms with Crippen molar-refractivity contribution < 1.29 is 19.5 Å². The monoisotopic (exact) mass is 258 g/mol. The third-order valence-corrected chi connectivity index (χ3v) is 2.31. The number of urea groups is 1. The van der Waals surface area contributed by atoms with Crippen molar-refractivity contribution in [3.05, 3.63) is 0 Å². The number of hydrogen-bond acceptors (Lipinski definition) is 3. The summed E-state index contributed by atoms with van der Waals surface area (Å²) >= 11 is 0. The normalized spacial score (nSPS) is 10.2. The first-order valence-corrected chi connectivity index (χ1v) is 6.21. The van der Waals surface area contributed by atoms with Crippen LogP contribution in [0.5, 0.6) is 0 Å². The largest absolute Gasteiger partial charge is 0.481 e. The summed E-state index contributed by atoms with van der Waals surface area (Å²) in [6.07, 6.45) is 2.56. The summed E-state index contributed by atoms with van der Waals surface area (Å²) in [6.45, 7) is 4.80. The number of carbonyl (C=O) groups is 3. The fourth-order valence-electron chi connectivity index (χ4n) is 1.33. The van der Waals surface area contributed by atoms with Crippen LogP contribution in [0, 0.1) is 5.92 Å². The molecule has 0 aliphatic heterocycles. The molecule has 0 saturated heterocycles. The topological polar surface area (TPSA) is 95.5 Å². The molecule has 0 saturated carbocycles. The van der Waals surface area contributed by atoms with Gasteiger partial charge in [-0.15, -0.1) is 0 Å². The molecule has 0 aliphatic rings. The highest BCUT2D eigenvalue weighted by molar-refractivity contribution is 5.95. The molecule has 0 aliphatic carbocycles. The van der Waals surface area contributed by atoms with Gasteiger partial charge in [-0.2, -0.15) is 0 Å².